The lowest BCUT2D eigenvalue weighted by Gasteiger charge is -2.18. The maximum absolute atomic E-state index is 12.6. The topological polar surface area (TPSA) is 77.5 Å². The van der Waals surface area contributed by atoms with Crippen molar-refractivity contribution >= 4 is 62.5 Å². The second kappa shape index (κ2) is 7.32. The number of anilines is 1. The van der Waals surface area contributed by atoms with E-state index in [1.165, 1.54) is 0 Å². The molecule has 1 aliphatic heterocycles. The van der Waals surface area contributed by atoms with Crippen LogP contribution in [0.25, 0.3) is 10.9 Å². The number of rotatable bonds is 4. The minimum atomic E-state index is -0.253. The average molecular weight is 495 g/mol. The largest absolute Gasteiger partial charge is 0.482 e. The number of benzene rings is 2. The molecule has 0 radical (unpaired) electrons. The van der Waals surface area contributed by atoms with Crippen LogP contribution in [0, 0.1) is 3.57 Å². The number of carbonyl (C=O) groups excluding carboxylic acids is 2. The van der Waals surface area contributed by atoms with Crippen LogP contribution in [0.1, 0.15) is 10.4 Å². The zero-order valence-corrected chi connectivity index (χ0v) is 16.7. The zero-order valence-electron chi connectivity index (χ0n) is 13.8. The Morgan fingerprint density at radius 2 is 2.19 bits per heavy atom. The van der Waals surface area contributed by atoms with E-state index in [4.69, 9.17) is 21.1 Å². The van der Waals surface area contributed by atoms with Crippen LogP contribution in [0.5, 0.6) is 11.5 Å². The number of ether oxygens (including phenoxy) is 2. The van der Waals surface area contributed by atoms with Crippen molar-refractivity contribution in [3.05, 3.63) is 56.8 Å². The van der Waals surface area contributed by atoms with Crippen LogP contribution >= 0.6 is 34.2 Å². The van der Waals surface area contributed by atoms with Gasteiger partial charge >= 0.3 is 0 Å². The first-order valence-electron chi connectivity index (χ1n) is 7.98. The molecule has 2 heterocycles. The number of ketones is 1. The molecule has 0 saturated carbocycles. The minimum absolute atomic E-state index is 0.0293. The molecule has 0 bridgehead atoms. The van der Waals surface area contributed by atoms with Crippen molar-refractivity contribution in [1.29, 1.82) is 0 Å². The summed E-state index contributed by atoms with van der Waals surface area (Å²) in [5, 5.41) is 4.02. The second-order valence-corrected chi connectivity index (χ2v) is 7.40. The SMILES string of the molecule is O=C1COc2ccc(C(=O)COc3c(I)cc(Cl)c4cccnc34)cc2N1. The molecule has 1 N–H and O–H groups in total. The number of aromatic nitrogens is 1. The molecule has 8 heteroatoms. The third-order valence-electron chi connectivity index (χ3n) is 4.03. The number of pyridine rings is 1. The fraction of sp³-hybridized carbons (Fsp3) is 0.105. The first-order chi connectivity index (χ1) is 13.0. The van der Waals surface area contributed by atoms with Gasteiger partial charge in [-0.1, -0.05) is 11.6 Å². The third-order valence-corrected chi connectivity index (χ3v) is 5.15. The molecular weight excluding hydrogens is 483 g/mol. The number of nitrogens with one attached hydrogen (secondary N) is 1. The Kier molecular flexibility index (Phi) is 4.88. The Bertz CT molecular complexity index is 1090. The molecule has 1 aromatic heterocycles. The second-order valence-electron chi connectivity index (χ2n) is 5.83. The maximum Gasteiger partial charge on any atom is 0.262 e. The Morgan fingerprint density at radius 3 is 3.04 bits per heavy atom. The molecule has 0 unspecified atom stereocenters. The molecule has 27 heavy (non-hydrogen) atoms. The molecular formula is C19H12ClIN2O4. The Balaban J connectivity index is 1.58. The number of amides is 1. The van der Waals surface area contributed by atoms with Crippen LogP contribution in [-0.2, 0) is 4.79 Å². The zero-order chi connectivity index (χ0) is 19.0. The highest BCUT2D eigenvalue weighted by molar-refractivity contribution is 14.1. The molecule has 2 aromatic carbocycles. The fourth-order valence-corrected chi connectivity index (χ4v) is 3.93. The van der Waals surface area contributed by atoms with Gasteiger partial charge in [-0.2, -0.15) is 0 Å². The van der Waals surface area contributed by atoms with Gasteiger partial charge in [0.05, 0.1) is 14.3 Å². The van der Waals surface area contributed by atoms with Gasteiger partial charge in [-0.05, 0) is 59.0 Å². The highest BCUT2D eigenvalue weighted by Gasteiger charge is 2.19. The summed E-state index contributed by atoms with van der Waals surface area (Å²) < 4.78 is 11.9. The number of halogens is 2. The van der Waals surface area contributed by atoms with Gasteiger partial charge in [0, 0.05) is 17.1 Å². The van der Waals surface area contributed by atoms with E-state index in [2.05, 4.69) is 32.9 Å². The van der Waals surface area contributed by atoms with E-state index in [0.29, 0.717) is 33.3 Å². The third kappa shape index (κ3) is 3.57. The minimum Gasteiger partial charge on any atom is -0.482 e. The molecule has 0 atom stereocenters. The van der Waals surface area contributed by atoms with Crippen LogP contribution < -0.4 is 14.8 Å². The normalized spacial score (nSPS) is 12.9. The number of Topliss-reactive ketones (excluding diaryl/α,β-unsaturated/α-hetero) is 1. The number of fused-ring (bicyclic) bond motifs is 2. The molecule has 1 amide bonds. The summed E-state index contributed by atoms with van der Waals surface area (Å²) in [7, 11) is 0. The van der Waals surface area contributed by atoms with Gasteiger partial charge in [-0.15, -0.1) is 0 Å². The molecule has 0 fully saturated rings. The lowest BCUT2D eigenvalue weighted by molar-refractivity contribution is -0.118. The first-order valence-corrected chi connectivity index (χ1v) is 9.44. The highest BCUT2D eigenvalue weighted by Crippen LogP contribution is 2.35. The fourth-order valence-electron chi connectivity index (χ4n) is 2.76. The Hall–Kier alpha value is -2.39. The first kappa shape index (κ1) is 18.0. The average Bonchev–Trinajstić information content (AvgIpc) is 2.67. The standard InChI is InChI=1S/C19H12ClIN2O4/c20-12-7-13(21)19(18-11(12)2-1-5-22-18)27-8-15(24)10-3-4-16-14(6-10)23-17(25)9-26-16/h1-7H,8-9H2,(H,23,25). The summed E-state index contributed by atoms with van der Waals surface area (Å²) in [5.74, 6) is 0.567. The van der Waals surface area contributed by atoms with E-state index in [1.807, 2.05) is 6.07 Å². The quantitative estimate of drug-likeness (QED) is 0.437. The molecule has 3 aromatic rings. The van der Waals surface area contributed by atoms with Crippen LogP contribution in [-0.4, -0.2) is 29.9 Å². The van der Waals surface area contributed by atoms with E-state index in [1.54, 1.807) is 36.5 Å². The van der Waals surface area contributed by atoms with Crippen molar-refractivity contribution in [2.24, 2.45) is 0 Å². The van der Waals surface area contributed by atoms with E-state index in [0.717, 1.165) is 8.96 Å². The molecule has 0 saturated heterocycles. The van der Waals surface area contributed by atoms with E-state index < -0.39 is 0 Å². The summed E-state index contributed by atoms with van der Waals surface area (Å²) in [5.41, 5.74) is 1.50. The Labute approximate surface area is 173 Å². The lowest BCUT2D eigenvalue weighted by atomic mass is 10.1. The summed E-state index contributed by atoms with van der Waals surface area (Å²) in [6.45, 7) is -0.199. The van der Waals surface area contributed by atoms with Gasteiger partial charge in [0.1, 0.15) is 11.3 Å². The van der Waals surface area contributed by atoms with Crippen molar-refractivity contribution in [3.63, 3.8) is 0 Å². The van der Waals surface area contributed by atoms with E-state index >= 15 is 0 Å². The van der Waals surface area contributed by atoms with Crippen molar-refractivity contribution in [2.75, 3.05) is 18.5 Å². The molecule has 0 spiro atoms. The predicted molar refractivity (Wildman–Crippen MR) is 110 cm³/mol. The summed E-state index contributed by atoms with van der Waals surface area (Å²) >= 11 is 8.36. The smallest absolute Gasteiger partial charge is 0.262 e. The predicted octanol–water partition coefficient (Wildman–Crippen LogP) is 4.09. The summed E-state index contributed by atoms with van der Waals surface area (Å²) in [6.07, 6.45) is 1.65. The van der Waals surface area contributed by atoms with E-state index in [-0.39, 0.29) is 24.9 Å². The van der Waals surface area contributed by atoms with Crippen LogP contribution in [0.4, 0.5) is 5.69 Å². The Morgan fingerprint density at radius 1 is 1.33 bits per heavy atom. The summed E-state index contributed by atoms with van der Waals surface area (Å²) in [6, 6.07) is 10.3. The van der Waals surface area contributed by atoms with Gasteiger partial charge in [-0.25, -0.2) is 0 Å². The van der Waals surface area contributed by atoms with Crippen molar-refractivity contribution in [1.82, 2.24) is 4.98 Å². The molecule has 0 aliphatic carbocycles. The lowest BCUT2D eigenvalue weighted by Crippen LogP contribution is -2.25. The van der Waals surface area contributed by atoms with Gasteiger partial charge in [0.25, 0.3) is 5.91 Å². The van der Waals surface area contributed by atoms with Gasteiger partial charge in [0.15, 0.2) is 24.7 Å². The molecule has 1 aliphatic rings. The molecule has 6 nitrogen and oxygen atoms in total. The number of carbonyl (C=O) groups is 2. The maximum atomic E-state index is 12.6. The molecule has 136 valence electrons. The summed E-state index contributed by atoms with van der Waals surface area (Å²) in [4.78, 5) is 28.3. The number of hydrogen-bond acceptors (Lipinski definition) is 5. The van der Waals surface area contributed by atoms with Crippen molar-refractivity contribution < 1.29 is 19.1 Å². The monoisotopic (exact) mass is 494 g/mol. The van der Waals surface area contributed by atoms with Gasteiger partial charge in [-0.3, -0.25) is 14.6 Å². The highest BCUT2D eigenvalue weighted by atomic mass is 127. The number of hydrogen-bond donors (Lipinski definition) is 1. The van der Waals surface area contributed by atoms with Crippen LogP contribution in [0.15, 0.2) is 42.6 Å². The number of nitrogens with zero attached hydrogens (tertiary/aromatic N) is 1. The van der Waals surface area contributed by atoms with Crippen molar-refractivity contribution in [3.8, 4) is 11.5 Å². The molecule has 4 rings (SSSR count). The van der Waals surface area contributed by atoms with Gasteiger partial charge < -0.3 is 14.8 Å². The van der Waals surface area contributed by atoms with Crippen molar-refractivity contribution in [2.45, 2.75) is 0 Å². The van der Waals surface area contributed by atoms with Crippen LogP contribution in [0.3, 0.4) is 0 Å². The van der Waals surface area contributed by atoms with Gasteiger partial charge in [0.2, 0.25) is 0 Å². The van der Waals surface area contributed by atoms with E-state index in [9.17, 15) is 9.59 Å². The van der Waals surface area contributed by atoms with Crippen LogP contribution in [0.2, 0.25) is 5.02 Å².